The van der Waals surface area contributed by atoms with Crippen LogP contribution in [-0.2, 0) is 14.3 Å². The Morgan fingerprint density at radius 2 is 2.12 bits per heavy atom. The fraction of sp³-hybridized carbons (Fsp3) is 0.818. The summed E-state index contributed by atoms with van der Waals surface area (Å²) in [4.78, 5) is 24.0. The number of nitrogens with zero attached hydrogens (tertiary/aromatic N) is 1. The molecule has 0 aromatic carbocycles. The number of carbonyl (C=O) groups is 2. The maximum Gasteiger partial charge on any atom is 0.323 e. The lowest BCUT2D eigenvalue weighted by Gasteiger charge is -2.21. The third-order valence-corrected chi connectivity index (χ3v) is 2.59. The van der Waals surface area contributed by atoms with Crippen molar-refractivity contribution in [2.45, 2.75) is 32.2 Å². The normalized spacial score (nSPS) is 16.9. The van der Waals surface area contributed by atoms with Crippen molar-refractivity contribution in [1.82, 2.24) is 4.90 Å². The van der Waals surface area contributed by atoms with Gasteiger partial charge in [0.15, 0.2) is 0 Å². The molecule has 1 unspecified atom stereocenters. The molecule has 5 nitrogen and oxygen atoms in total. The molecule has 0 heterocycles. The third-order valence-electron chi connectivity index (χ3n) is 2.59. The van der Waals surface area contributed by atoms with E-state index in [2.05, 4.69) is 0 Å². The van der Waals surface area contributed by atoms with Gasteiger partial charge >= 0.3 is 5.97 Å². The van der Waals surface area contributed by atoms with E-state index in [0.717, 1.165) is 12.8 Å². The predicted octanol–water partition coefficient (Wildman–Crippen LogP) is 0.735. The lowest BCUT2D eigenvalue weighted by molar-refractivity contribution is -0.145. The minimum Gasteiger partial charge on any atom is -0.480 e. The van der Waals surface area contributed by atoms with Crippen LogP contribution in [0.15, 0.2) is 0 Å². The predicted molar refractivity (Wildman–Crippen MR) is 58.0 cm³/mol. The van der Waals surface area contributed by atoms with Crippen LogP contribution in [0.4, 0.5) is 0 Å². The molecule has 1 atom stereocenters. The Morgan fingerprint density at radius 3 is 2.56 bits per heavy atom. The van der Waals surface area contributed by atoms with Crippen LogP contribution >= 0.6 is 0 Å². The summed E-state index contributed by atoms with van der Waals surface area (Å²) >= 11 is 0. The van der Waals surface area contributed by atoms with Crippen LogP contribution in [0, 0.1) is 5.92 Å². The number of hydrogen-bond donors (Lipinski definition) is 1. The fourth-order valence-electron chi connectivity index (χ4n) is 1.71. The fourth-order valence-corrected chi connectivity index (χ4v) is 1.71. The summed E-state index contributed by atoms with van der Waals surface area (Å²) in [6.45, 7) is 2.27. The van der Waals surface area contributed by atoms with E-state index < -0.39 is 5.97 Å². The van der Waals surface area contributed by atoms with Crippen LogP contribution in [0.2, 0.25) is 0 Å². The first kappa shape index (κ1) is 13.0. The van der Waals surface area contributed by atoms with E-state index in [-0.39, 0.29) is 24.4 Å². The number of aliphatic carboxylic acids is 1. The van der Waals surface area contributed by atoms with Crippen molar-refractivity contribution in [3.8, 4) is 0 Å². The summed E-state index contributed by atoms with van der Waals surface area (Å²) in [7, 11) is 1.59. The molecule has 5 heteroatoms. The van der Waals surface area contributed by atoms with E-state index in [1.165, 1.54) is 4.90 Å². The summed E-state index contributed by atoms with van der Waals surface area (Å²) in [6, 6.07) is 0.151. The topological polar surface area (TPSA) is 66.8 Å². The quantitative estimate of drug-likeness (QED) is 0.699. The Hall–Kier alpha value is -1.10. The van der Waals surface area contributed by atoms with Gasteiger partial charge in [-0.2, -0.15) is 0 Å². The molecule has 1 aliphatic carbocycles. The van der Waals surface area contributed by atoms with Gasteiger partial charge in [0.2, 0.25) is 5.91 Å². The second-order valence-corrected chi connectivity index (χ2v) is 4.41. The van der Waals surface area contributed by atoms with Gasteiger partial charge < -0.3 is 14.7 Å². The number of hydrogen-bond acceptors (Lipinski definition) is 3. The van der Waals surface area contributed by atoms with E-state index in [1.54, 1.807) is 7.11 Å². The lowest BCUT2D eigenvalue weighted by Crippen LogP contribution is -2.38. The average Bonchev–Trinajstić information content (AvgIpc) is 2.97. The van der Waals surface area contributed by atoms with Gasteiger partial charge in [-0.15, -0.1) is 0 Å². The highest BCUT2D eigenvalue weighted by Gasteiger charge is 2.33. The highest BCUT2D eigenvalue weighted by atomic mass is 16.5. The van der Waals surface area contributed by atoms with Crippen molar-refractivity contribution in [3.63, 3.8) is 0 Å². The number of rotatable bonds is 7. The van der Waals surface area contributed by atoms with Crippen molar-refractivity contribution in [3.05, 3.63) is 0 Å². The minimum atomic E-state index is -0.945. The molecule has 1 rings (SSSR count). The van der Waals surface area contributed by atoms with Gasteiger partial charge in [0.05, 0.1) is 0 Å². The van der Waals surface area contributed by atoms with E-state index in [9.17, 15) is 9.59 Å². The number of carboxylic acids is 1. The Bertz CT molecular complexity index is 263. The van der Waals surface area contributed by atoms with Crippen LogP contribution in [0.3, 0.4) is 0 Å². The van der Waals surface area contributed by atoms with Gasteiger partial charge in [0.1, 0.15) is 6.54 Å². The molecule has 0 aromatic heterocycles. The SMILES string of the molecule is COCC(C)CC(=O)N(CC(=O)O)C1CC1. The molecule has 0 aromatic rings. The van der Waals surface area contributed by atoms with Crippen LogP contribution in [0.1, 0.15) is 26.2 Å². The molecule has 0 saturated heterocycles. The Kier molecular flexibility index (Phi) is 4.73. The van der Waals surface area contributed by atoms with E-state index >= 15 is 0 Å². The molecule has 16 heavy (non-hydrogen) atoms. The highest BCUT2D eigenvalue weighted by molar-refractivity contribution is 5.82. The maximum atomic E-state index is 11.9. The molecular formula is C11H19NO4. The minimum absolute atomic E-state index is 0.0746. The molecule has 1 fully saturated rings. The Balaban J connectivity index is 2.44. The second kappa shape index (κ2) is 5.84. The van der Waals surface area contributed by atoms with Crippen molar-refractivity contribution < 1.29 is 19.4 Å². The number of ether oxygens (including phenoxy) is 1. The van der Waals surface area contributed by atoms with E-state index in [1.807, 2.05) is 6.92 Å². The van der Waals surface area contributed by atoms with Crippen molar-refractivity contribution >= 4 is 11.9 Å². The number of carbonyl (C=O) groups excluding carboxylic acids is 1. The van der Waals surface area contributed by atoms with E-state index in [0.29, 0.717) is 13.0 Å². The molecule has 1 amide bonds. The average molecular weight is 229 g/mol. The number of carboxylic acid groups (broad SMARTS) is 1. The van der Waals surface area contributed by atoms with Crippen LogP contribution in [-0.4, -0.2) is 48.2 Å². The smallest absolute Gasteiger partial charge is 0.323 e. The Morgan fingerprint density at radius 1 is 1.50 bits per heavy atom. The summed E-state index contributed by atoms with van der Waals surface area (Å²) in [6.07, 6.45) is 2.22. The third kappa shape index (κ3) is 4.18. The highest BCUT2D eigenvalue weighted by Crippen LogP contribution is 2.27. The largest absolute Gasteiger partial charge is 0.480 e. The van der Waals surface area contributed by atoms with E-state index in [4.69, 9.17) is 9.84 Å². The molecule has 0 spiro atoms. The number of methoxy groups -OCH3 is 1. The van der Waals surface area contributed by atoms with Gasteiger partial charge in [-0.1, -0.05) is 6.92 Å². The first-order valence-corrected chi connectivity index (χ1v) is 5.54. The molecule has 92 valence electrons. The maximum absolute atomic E-state index is 11.9. The van der Waals surface area contributed by atoms with Crippen LogP contribution in [0.5, 0.6) is 0 Å². The zero-order valence-electron chi connectivity index (χ0n) is 9.81. The molecular weight excluding hydrogens is 210 g/mol. The zero-order chi connectivity index (χ0) is 12.1. The van der Waals surface area contributed by atoms with Crippen molar-refractivity contribution in [2.24, 2.45) is 5.92 Å². The van der Waals surface area contributed by atoms with Gasteiger partial charge in [0, 0.05) is 26.2 Å². The van der Waals surface area contributed by atoms with Crippen molar-refractivity contribution in [1.29, 1.82) is 0 Å². The standard InChI is InChI=1S/C11H19NO4/c1-8(7-16-2)5-10(13)12(6-11(14)15)9-3-4-9/h8-9H,3-7H2,1-2H3,(H,14,15). The molecule has 0 radical (unpaired) electrons. The van der Waals surface area contributed by atoms with Gasteiger partial charge in [-0.3, -0.25) is 9.59 Å². The molecule has 0 bridgehead atoms. The summed E-state index contributed by atoms with van der Waals surface area (Å²) in [5.74, 6) is -0.887. The molecule has 1 saturated carbocycles. The second-order valence-electron chi connectivity index (χ2n) is 4.41. The van der Waals surface area contributed by atoms with Crippen LogP contribution in [0.25, 0.3) is 0 Å². The van der Waals surface area contributed by atoms with Gasteiger partial charge in [0.25, 0.3) is 0 Å². The monoisotopic (exact) mass is 229 g/mol. The molecule has 0 aliphatic heterocycles. The Labute approximate surface area is 95.4 Å². The molecule has 1 aliphatic rings. The lowest BCUT2D eigenvalue weighted by atomic mass is 10.1. The molecule has 1 N–H and O–H groups in total. The summed E-state index contributed by atoms with van der Waals surface area (Å²) in [5, 5.41) is 8.73. The van der Waals surface area contributed by atoms with Gasteiger partial charge in [-0.25, -0.2) is 0 Å². The summed E-state index contributed by atoms with van der Waals surface area (Å²) in [5.41, 5.74) is 0. The zero-order valence-corrected chi connectivity index (χ0v) is 9.81. The first-order valence-electron chi connectivity index (χ1n) is 5.54. The van der Waals surface area contributed by atoms with Crippen molar-refractivity contribution in [2.75, 3.05) is 20.3 Å². The van der Waals surface area contributed by atoms with Gasteiger partial charge in [-0.05, 0) is 18.8 Å². The van der Waals surface area contributed by atoms with Crippen LogP contribution < -0.4 is 0 Å². The number of amides is 1. The summed E-state index contributed by atoms with van der Waals surface area (Å²) < 4.78 is 4.95. The first-order chi connectivity index (χ1) is 7.54.